The summed E-state index contributed by atoms with van der Waals surface area (Å²) in [7, 11) is -2.46. The number of hydrogen-bond acceptors (Lipinski definition) is 3. The fourth-order valence-corrected chi connectivity index (χ4v) is 4.24. The van der Waals surface area contributed by atoms with Crippen molar-refractivity contribution in [2.24, 2.45) is 11.8 Å². The van der Waals surface area contributed by atoms with E-state index in [4.69, 9.17) is 0 Å². The Balaban J connectivity index is 1.99. The van der Waals surface area contributed by atoms with Crippen LogP contribution < -0.4 is 5.32 Å². The van der Waals surface area contributed by atoms with E-state index in [9.17, 15) is 17.6 Å². The molecule has 1 N–H and O–H groups in total. The van der Waals surface area contributed by atoms with E-state index >= 15 is 0 Å². The number of amides is 1. The van der Waals surface area contributed by atoms with Gasteiger partial charge in [0.15, 0.2) is 0 Å². The third-order valence-corrected chi connectivity index (χ3v) is 6.76. The van der Waals surface area contributed by atoms with E-state index in [1.165, 1.54) is 19.2 Å². The lowest BCUT2D eigenvalue weighted by molar-refractivity contribution is -0.122. The zero-order valence-electron chi connectivity index (χ0n) is 14.3. The molecular weight excluding hydrogens is 331 g/mol. The van der Waals surface area contributed by atoms with E-state index in [-0.39, 0.29) is 23.4 Å². The van der Waals surface area contributed by atoms with Gasteiger partial charge < -0.3 is 5.32 Å². The molecule has 134 valence electrons. The second kappa shape index (κ2) is 7.61. The van der Waals surface area contributed by atoms with Gasteiger partial charge in [0, 0.05) is 13.1 Å². The summed E-state index contributed by atoms with van der Waals surface area (Å²) in [5.41, 5.74) is 0. The minimum Gasteiger partial charge on any atom is -0.352 e. The van der Waals surface area contributed by atoms with Crippen molar-refractivity contribution in [2.45, 2.75) is 44.0 Å². The minimum atomic E-state index is -3.81. The molecule has 1 amide bonds. The molecule has 7 heteroatoms. The van der Waals surface area contributed by atoms with E-state index in [1.807, 2.05) is 0 Å². The molecule has 1 saturated carbocycles. The minimum absolute atomic E-state index is 0.0288. The van der Waals surface area contributed by atoms with Crippen molar-refractivity contribution in [1.29, 1.82) is 0 Å². The summed E-state index contributed by atoms with van der Waals surface area (Å²) in [4.78, 5) is 12.2. The van der Waals surface area contributed by atoms with Crippen molar-refractivity contribution < 1.29 is 17.6 Å². The van der Waals surface area contributed by atoms with Crippen LogP contribution >= 0.6 is 0 Å². The quantitative estimate of drug-likeness (QED) is 0.881. The predicted molar refractivity (Wildman–Crippen MR) is 90.3 cm³/mol. The van der Waals surface area contributed by atoms with E-state index < -0.39 is 15.8 Å². The van der Waals surface area contributed by atoms with E-state index in [2.05, 4.69) is 19.2 Å². The maximum absolute atomic E-state index is 12.9. The van der Waals surface area contributed by atoms with Crippen molar-refractivity contribution in [3.05, 3.63) is 30.1 Å². The number of carbonyl (C=O) groups excluding carboxylic acids is 1. The van der Waals surface area contributed by atoms with Gasteiger partial charge in [-0.15, -0.1) is 0 Å². The predicted octanol–water partition coefficient (Wildman–Crippen LogP) is 2.39. The number of nitrogens with zero attached hydrogens (tertiary/aromatic N) is 1. The smallest absolute Gasteiger partial charge is 0.243 e. The first-order valence-electron chi connectivity index (χ1n) is 8.23. The standard InChI is InChI=1S/C17H25FN2O3S/c1-12-5-4-6-16(13(12)2)19-17(21)11-20(3)24(22,23)15-9-7-14(18)8-10-15/h7-10,12-13,16H,4-6,11H2,1-3H3,(H,19,21)/t12-,13+,16-/m1/s1. The fourth-order valence-electron chi connectivity index (χ4n) is 3.11. The van der Waals surface area contributed by atoms with Crippen LogP contribution in [0, 0.1) is 17.7 Å². The van der Waals surface area contributed by atoms with Gasteiger partial charge in [-0.25, -0.2) is 12.8 Å². The second-order valence-corrected chi connectivity index (χ2v) is 8.70. The monoisotopic (exact) mass is 356 g/mol. The Hall–Kier alpha value is -1.47. The zero-order chi connectivity index (χ0) is 17.9. The molecule has 0 aromatic heterocycles. The van der Waals surface area contributed by atoms with Crippen LogP contribution in [0.5, 0.6) is 0 Å². The van der Waals surface area contributed by atoms with Crippen LogP contribution in [0.2, 0.25) is 0 Å². The van der Waals surface area contributed by atoms with Crippen LogP contribution in [-0.2, 0) is 14.8 Å². The van der Waals surface area contributed by atoms with Gasteiger partial charge in [0.1, 0.15) is 5.82 Å². The van der Waals surface area contributed by atoms with Crippen LogP contribution in [-0.4, -0.2) is 38.3 Å². The number of sulfonamides is 1. The Bertz CT molecular complexity index is 676. The van der Waals surface area contributed by atoms with Crippen LogP contribution in [0.3, 0.4) is 0 Å². The molecule has 0 bridgehead atoms. The number of carbonyl (C=O) groups is 1. The Labute approximate surface area is 143 Å². The number of hydrogen-bond donors (Lipinski definition) is 1. The summed E-state index contributed by atoms with van der Waals surface area (Å²) in [6.07, 6.45) is 3.15. The second-order valence-electron chi connectivity index (χ2n) is 6.66. The molecular formula is C17H25FN2O3S. The molecule has 0 aliphatic heterocycles. The highest BCUT2D eigenvalue weighted by Gasteiger charge is 2.29. The van der Waals surface area contributed by atoms with Gasteiger partial charge in [0.05, 0.1) is 11.4 Å². The summed E-state index contributed by atoms with van der Waals surface area (Å²) in [5, 5.41) is 2.96. The first kappa shape index (κ1) is 18.9. The molecule has 0 heterocycles. The maximum atomic E-state index is 12.9. The molecule has 1 aliphatic carbocycles. The molecule has 1 aromatic rings. The topological polar surface area (TPSA) is 66.5 Å². The first-order chi connectivity index (χ1) is 11.2. The molecule has 2 rings (SSSR count). The summed E-state index contributed by atoms with van der Waals surface area (Å²) in [5.74, 6) is 0.107. The van der Waals surface area contributed by atoms with Crippen molar-refractivity contribution in [3.8, 4) is 0 Å². The van der Waals surface area contributed by atoms with Crippen LogP contribution in [0.15, 0.2) is 29.2 Å². The van der Waals surface area contributed by atoms with Crippen molar-refractivity contribution >= 4 is 15.9 Å². The van der Waals surface area contributed by atoms with Crippen molar-refractivity contribution in [2.75, 3.05) is 13.6 Å². The summed E-state index contributed by atoms with van der Waals surface area (Å²) < 4.78 is 38.8. The van der Waals surface area contributed by atoms with E-state index in [0.29, 0.717) is 11.8 Å². The fraction of sp³-hybridized carbons (Fsp3) is 0.588. The Kier molecular flexibility index (Phi) is 5.98. The molecule has 0 saturated heterocycles. The molecule has 1 fully saturated rings. The Morgan fingerprint density at radius 3 is 2.50 bits per heavy atom. The number of likely N-dealkylation sites (N-methyl/N-ethyl adjacent to an activating group) is 1. The van der Waals surface area contributed by atoms with Gasteiger partial charge in [0.2, 0.25) is 15.9 Å². The number of rotatable bonds is 5. The molecule has 1 aromatic carbocycles. The summed E-state index contributed by atoms with van der Waals surface area (Å²) in [6.45, 7) is 4.04. The molecule has 0 spiro atoms. The highest BCUT2D eigenvalue weighted by Crippen LogP contribution is 2.29. The van der Waals surface area contributed by atoms with Gasteiger partial charge in [-0.3, -0.25) is 4.79 Å². The van der Waals surface area contributed by atoms with Crippen LogP contribution in [0.4, 0.5) is 4.39 Å². The molecule has 3 atom stereocenters. The van der Waals surface area contributed by atoms with Gasteiger partial charge in [-0.05, 0) is 42.5 Å². The highest BCUT2D eigenvalue weighted by atomic mass is 32.2. The average Bonchev–Trinajstić information content (AvgIpc) is 2.52. The zero-order valence-corrected chi connectivity index (χ0v) is 15.1. The molecule has 24 heavy (non-hydrogen) atoms. The molecule has 5 nitrogen and oxygen atoms in total. The van der Waals surface area contributed by atoms with Gasteiger partial charge in [-0.2, -0.15) is 4.31 Å². The Morgan fingerprint density at radius 2 is 1.88 bits per heavy atom. The normalized spacial score (nSPS) is 24.8. The van der Waals surface area contributed by atoms with E-state index in [1.54, 1.807) is 0 Å². The van der Waals surface area contributed by atoms with Crippen molar-refractivity contribution in [1.82, 2.24) is 9.62 Å². The average molecular weight is 356 g/mol. The van der Waals surface area contributed by atoms with Crippen LogP contribution in [0.25, 0.3) is 0 Å². The molecule has 1 aliphatic rings. The third-order valence-electron chi connectivity index (χ3n) is 4.94. The molecule has 0 unspecified atom stereocenters. The SMILES string of the molecule is C[C@H]1[C@H](C)CCC[C@H]1NC(=O)CN(C)S(=O)(=O)c1ccc(F)cc1. The van der Waals surface area contributed by atoms with Gasteiger partial charge in [-0.1, -0.05) is 26.7 Å². The lowest BCUT2D eigenvalue weighted by Crippen LogP contribution is -2.47. The van der Waals surface area contributed by atoms with Gasteiger partial charge >= 0.3 is 0 Å². The molecule has 0 radical (unpaired) electrons. The van der Waals surface area contributed by atoms with Gasteiger partial charge in [0.25, 0.3) is 0 Å². The number of benzene rings is 1. The summed E-state index contributed by atoms with van der Waals surface area (Å²) >= 11 is 0. The largest absolute Gasteiger partial charge is 0.352 e. The van der Waals surface area contributed by atoms with Crippen LogP contribution in [0.1, 0.15) is 33.1 Å². The Morgan fingerprint density at radius 1 is 1.25 bits per heavy atom. The first-order valence-corrected chi connectivity index (χ1v) is 9.67. The van der Waals surface area contributed by atoms with E-state index in [0.717, 1.165) is 35.7 Å². The highest BCUT2D eigenvalue weighted by molar-refractivity contribution is 7.89. The third kappa shape index (κ3) is 4.33. The lowest BCUT2D eigenvalue weighted by Gasteiger charge is -2.34. The number of nitrogens with one attached hydrogen (secondary N) is 1. The number of halogens is 1. The summed E-state index contributed by atoms with van der Waals surface area (Å²) in [6, 6.07) is 4.66. The van der Waals surface area contributed by atoms with Crippen molar-refractivity contribution in [3.63, 3.8) is 0 Å². The maximum Gasteiger partial charge on any atom is 0.243 e. The lowest BCUT2D eigenvalue weighted by atomic mass is 9.78.